The molecular weight excluding hydrogens is 128 g/mol. The summed E-state index contributed by atoms with van der Waals surface area (Å²) < 4.78 is 0. The van der Waals surface area contributed by atoms with Crippen molar-refractivity contribution in [2.45, 2.75) is 25.5 Å². The number of hydrogen-bond acceptors (Lipinski definition) is 2. The second kappa shape index (κ2) is 2.86. The van der Waals surface area contributed by atoms with Crippen LogP contribution in [-0.4, -0.2) is 31.3 Å². The van der Waals surface area contributed by atoms with Crippen LogP contribution in [0, 0.1) is 0 Å². The van der Waals surface area contributed by atoms with Crippen LogP contribution < -0.4 is 10.6 Å². The van der Waals surface area contributed by atoms with Crippen LogP contribution in [0.3, 0.4) is 0 Å². The summed E-state index contributed by atoms with van der Waals surface area (Å²) in [6.07, 6.45) is 0. The Morgan fingerprint density at radius 1 is 1.40 bits per heavy atom. The maximum atomic E-state index is 11.4. The first-order valence-electron chi connectivity index (χ1n) is 3.75. The fraction of sp³-hybridized carbons (Fsp3) is 1.00. The first-order chi connectivity index (χ1) is 4.61. The Bertz CT molecular complexity index is 103. The molecule has 1 aliphatic heterocycles. The molecule has 59 valence electrons. The molecule has 0 spiro atoms. The molecule has 0 aliphatic carbocycles. The van der Waals surface area contributed by atoms with Gasteiger partial charge in [0.05, 0.1) is 6.04 Å². The third kappa shape index (κ3) is 1.94. The highest BCUT2D eigenvalue weighted by Gasteiger charge is 2.29. The molecule has 1 fully saturated rings. The maximum absolute atomic E-state index is 11.4. The van der Waals surface area contributed by atoms with Crippen LogP contribution in [0.2, 0.25) is 0 Å². The van der Waals surface area contributed by atoms with Crippen molar-refractivity contribution in [2.75, 3.05) is 19.6 Å². The molecule has 0 bridgehead atoms. The van der Waals surface area contributed by atoms with Gasteiger partial charge in [0.1, 0.15) is 5.60 Å². The predicted molar refractivity (Wildman–Crippen MR) is 39.4 cm³/mol. The largest absolute Gasteiger partial charge is 0.314 e. The molecule has 10 heavy (non-hydrogen) atoms. The Balaban J connectivity index is 2.39. The average molecular weight is 143 g/mol. The van der Waals surface area contributed by atoms with E-state index < -0.39 is 5.60 Å². The molecule has 0 amide bonds. The van der Waals surface area contributed by atoms with Gasteiger partial charge in [-0.2, -0.15) is 0 Å². The maximum Gasteiger partial charge on any atom is 0.114 e. The van der Waals surface area contributed by atoms with Crippen LogP contribution in [0.4, 0.5) is 0 Å². The molecule has 0 saturated carbocycles. The monoisotopic (exact) mass is 143 g/mol. The summed E-state index contributed by atoms with van der Waals surface area (Å²) in [4.78, 5) is 0. The van der Waals surface area contributed by atoms with Crippen molar-refractivity contribution < 1.29 is 5.11 Å². The lowest BCUT2D eigenvalue weighted by Gasteiger charge is -2.32. The van der Waals surface area contributed by atoms with Gasteiger partial charge in [-0.3, -0.25) is 0 Å². The summed E-state index contributed by atoms with van der Waals surface area (Å²) in [6, 6.07) is 0.0845. The second-order valence-electron chi connectivity index (χ2n) is 3.31. The smallest absolute Gasteiger partial charge is 0.114 e. The van der Waals surface area contributed by atoms with Gasteiger partial charge in [-0.1, -0.05) is 0 Å². The summed E-state index contributed by atoms with van der Waals surface area (Å²) in [5.74, 6) is 0. The van der Waals surface area contributed by atoms with Gasteiger partial charge in [0.15, 0.2) is 0 Å². The van der Waals surface area contributed by atoms with Gasteiger partial charge in [0.2, 0.25) is 0 Å². The molecule has 1 rings (SSSR count). The van der Waals surface area contributed by atoms with Crippen LogP contribution in [0.5, 0.6) is 0 Å². The van der Waals surface area contributed by atoms with Crippen LogP contribution in [0.25, 0.3) is 0 Å². The van der Waals surface area contributed by atoms with Gasteiger partial charge in [0, 0.05) is 19.6 Å². The first-order valence-corrected chi connectivity index (χ1v) is 3.75. The molecule has 1 unspecified atom stereocenters. The zero-order valence-electron chi connectivity index (χ0n) is 6.61. The summed E-state index contributed by atoms with van der Waals surface area (Å²) >= 11 is 0. The van der Waals surface area contributed by atoms with Crippen LogP contribution in [0.1, 0.15) is 13.8 Å². The lowest BCUT2D eigenvalue weighted by Crippen LogP contribution is -2.57. The Kier molecular flexibility index (Phi) is 2.28. The van der Waals surface area contributed by atoms with E-state index in [0.29, 0.717) is 0 Å². The van der Waals surface area contributed by atoms with Crippen LogP contribution in [-0.2, 0) is 5.11 Å². The standard InChI is InChI=1S/C7H15N2O/c1-7(2,10)6-5-8-3-4-9-6/h6,8-9H,3-5H2,1-2H3. The molecule has 1 heterocycles. The van der Waals surface area contributed by atoms with Gasteiger partial charge < -0.3 is 10.6 Å². The summed E-state index contributed by atoms with van der Waals surface area (Å²) in [5.41, 5.74) is -0.854. The second-order valence-corrected chi connectivity index (χ2v) is 3.31. The van der Waals surface area contributed by atoms with E-state index in [4.69, 9.17) is 0 Å². The minimum Gasteiger partial charge on any atom is -0.314 e. The van der Waals surface area contributed by atoms with E-state index in [1.807, 2.05) is 0 Å². The van der Waals surface area contributed by atoms with Crippen molar-refractivity contribution in [3.8, 4) is 0 Å². The van der Waals surface area contributed by atoms with Gasteiger partial charge in [-0.25, -0.2) is 5.11 Å². The molecule has 3 heteroatoms. The zero-order valence-corrected chi connectivity index (χ0v) is 6.61. The van der Waals surface area contributed by atoms with E-state index in [9.17, 15) is 5.11 Å². The highest BCUT2D eigenvalue weighted by Crippen LogP contribution is 2.09. The molecule has 0 aromatic heterocycles. The molecule has 0 aromatic rings. The van der Waals surface area contributed by atoms with Gasteiger partial charge in [-0.05, 0) is 13.8 Å². The fourth-order valence-corrected chi connectivity index (χ4v) is 1.14. The average Bonchev–Trinajstić information content (AvgIpc) is 1.88. The van der Waals surface area contributed by atoms with E-state index >= 15 is 0 Å². The fourth-order valence-electron chi connectivity index (χ4n) is 1.14. The van der Waals surface area contributed by atoms with E-state index in [1.54, 1.807) is 13.8 Å². The van der Waals surface area contributed by atoms with E-state index in [1.165, 1.54) is 0 Å². The molecule has 1 aliphatic rings. The van der Waals surface area contributed by atoms with Crippen molar-refractivity contribution in [2.24, 2.45) is 0 Å². The third-order valence-electron chi connectivity index (χ3n) is 1.88. The van der Waals surface area contributed by atoms with Crippen molar-refractivity contribution >= 4 is 0 Å². The minimum absolute atomic E-state index is 0.0845. The molecule has 3 nitrogen and oxygen atoms in total. The molecule has 1 radical (unpaired) electrons. The highest BCUT2D eigenvalue weighted by molar-refractivity contribution is 4.87. The summed E-state index contributed by atoms with van der Waals surface area (Å²) in [5, 5.41) is 17.7. The Morgan fingerprint density at radius 2 is 2.10 bits per heavy atom. The molecule has 1 saturated heterocycles. The van der Waals surface area contributed by atoms with Gasteiger partial charge >= 0.3 is 0 Å². The zero-order chi connectivity index (χ0) is 7.61. The first kappa shape index (κ1) is 7.98. The number of piperazine rings is 1. The number of hydrogen-bond donors (Lipinski definition) is 2. The van der Waals surface area contributed by atoms with E-state index in [2.05, 4.69) is 10.6 Å². The Morgan fingerprint density at radius 3 is 2.40 bits per heavy atom. The molecule has 0 aromatic carbocycles. The van der Waals surface area contributed by atoms with Gasteiger partial charge in [0.25, 0.3) is 0 Å². The minimum atomic E-state index is -0.854. The lowest BCUT2D eigenvalue weighted by molar-refractivity contribution is -0.0316. The summed E-state index contributed by atoms with van der Waals surface area (Å²) in [6.45, 7) is 6.13. The van der Waals surface area contributed by atoms with E-state index in [0.717, 1.165) is 19.6 Å². The normalized spacial score (nSPS) is 28.5. The van der Waals surface area contributed by atoms with Crippen LogP contribution in [0.15, 0.2) is 0 Å². The molecule has 1 atom stereocenters. The molecule has 2 N–H and O–H groups in total. The quantitative estimate of drug-likeness (QED) is 0.532. The number of rotatable bonds is 1. The van der Waals surface area contributed by atoms with Crippen molar-refractivity contribution in [1.29, 1.82) is 0 Å². The topological polar surface area (TPSA) is 44.0 Å². The highest BCUT2D eigenvalue weighted by atomic mass is 16.3. The third-order valence-corrected chi connectivity index (χ3v) is 1.88. The Labute approximate surface area is 61.8 Å². The Hall–Kier alpha value is -0.120. The predicted octanol–water partition coefficient (Wildman–Crippen LogP) is -0.243. The van der Waals surface area contributed by atoms with Gasteiger partial charge in [-0.15, -0.1) is 0 Å². The molecular formula is C7H15N2O. The van der Waals surface area contributed by atoms with Crippen molar-refractivity contribution in [3.63, 3.8) is 0 Å². The van der Waals surface area contributed by atoms with Crippen molar-refractivity contribution in [1.82, 2.24) is 10.6 Å². The van der Waals surface area contributed by atoms with E-state index in [-0.39, 0.29) is 6.04 Å². The SMILES string of the molecule is CC(C)([O])C1CNCCN1. The number of nitrogens with one attached hydrogen (secondary N) is 2. The van der Waals surface area contributed by atoms with Crippen LogP contribution >= 0.6 is 0 Å². The lowest BCUT2D eigenvalue weighted by atomic mass is 9.98. The van der Waals surface area contributed by atoms with Crippen molar-refractivity contribution in [3.05, 3.63) is 0 Å². The summed E-state index contributed by atoms with van der Waals surface area (Å²) in [7, 11) is 0.